The summed E-state index contributed by atoms with van der Waals surface area (Å²) in [6.07, 6.45) is 4.85. The molecule has 0 radical (unpaired) electrons. The molecule has 5 heteroatoms. The standard InChI is InChI=1S/C18H26Cl2N2O/c1-18(2,3)12-7-4-5-10-15(12)21-11-16(23)22-17-13(19)8-6-9-14(17)20/h6,8-9,12,15,21H,4-5,7,10-11H2,1-3H3,(H,22,23). The van der Waals surface area contributed by atoms with Gasteiger partial charge in [-0.1, -0.05) is 62.9 Å². The second-order valence-electron chi connectivity index (χ2n) is 7.39. The molecule has 0 bridgehead atoms. The number of halogens is 2. The lowest BCUT2D eigenvalue weighted by molar-refractivity contribution is -0.115. The number of hydrogen-bond acceptors (Lipinski definition) is 2. The Morgan fingerprint density at radius 3 is 2.39 bits per heavy atom. The second-order valence-corrected chi connectivity index (χ2v) is 8.20. The summed E-state index contributed by atoms with van der Waals surface area (Å²) in [7, 11) is 0. The summed E-state index contributed by atoms with van der Waals surface area (Å²) >= 11 is 12.2. The van der Waals surface area contributed by atoms with Crippen molar-refractivity contribution in [1.29, 1.82) is 0 Å². The van der Waals surface area contributed by atoms with Gasteiger partial charge in [-0.05, 0) is 36.3 Å². The van der Waals surface area contributed by atoms with Gasteiger partial charge in [0.1, 0.15) is 0 Å². The number of rotatable bonds is 4. The van der Waals surface area contributed by atoms with Crippen LogP contribution in [0.15, 0.2) is 18.2 Å². The summed E-state index contributed by atoms with van der Waals surface area (Å²) in [6, 6.07) is 5.57. The van der Waals surface area contributed by atoms with E-state index in [1.54, 1.807) is 18.2 Å². The Balaban J connectivity index is 1.93. The van der Waals surface area contributed by atoms with Gasteiger partial charge in [0.2, 0.25) is 5.91 Å². The van der Waals surface area contributed by atoms with Gasteiger partial charge in [-0.25, -0.2) is 0 Å². The van der Waals surface area contributed by atoms with Crippen molar-refractivity contribution in [3.05, 3.63) is 28.2 Å². The molecule has 2 unspecified atom stereocenters. The average molecular weight is 357 g/mol. The Hall–Kier alpha value is -0.770. The Morgan fingerprint density at radius 1 is 1.17 bits per heavy atom. The molecule has 1 saturated carbocycles. The van der Waals surface area contributed by atoms with E-state index < -0.39 is 0 Å². The fourth-order valence-corrected chi connectivity index (χ4v) is 3.93. The zero-order chi connectivity index (χ0) is 17.0. The molecule has 1 aliphatic rings. The molecule has 23 heavy (non-hydrogen) atoms. The zero-order valence-corrected chi connectivity index (χ0v) is 15.6. The monoisotopic (exact) mass is 356 g/mol. The quantitative estimate of drug-likeness (QED) is 0.785. The molecule has 1 fully saturated rings. The van der Waals surface area contributed by atoms with Crippen molar-refractivity contribution in [3.8, 4) is 0 Å². The van der Waals surface area contributed by atoms with E-state index >= 15 is 0 Å². The third-order valence-electron chi connectivity index (χ3n) is 4.63. The van der Waals surface area contributed by atoms with Crippen molar-refractivity contribution in [1.82, 2.24) is 5.32 Å². The SMILES string of the molecule is CC(C)(C)C1CCCCC1NCC(=O)Nc1c(Cl)cccc1Cl. The van der Waals surface area contributed by atoms with Gasteiger partial charge in [0.25, 0.3) is 0 Å². The first-order chi connectivity index (χ1) is 10.8. The lowest BCUT2D eigenvalue weighted by Crippen LogP contribution is -2.46. The molecule has 2 N–H and O–H groups in total. The Morgan fingerprint density at radius 2 is 1.78 bits per heavy atom. The van der Waals surface area contributed by atoms with E-state index in [0.717, 1.165) is 6.42 Å². The van der Waals surface area contributed by atoms with Crippen LogP contribution in [0.4, 0.5) is 5.69 Å². The minimum Gasteiger partial charge on any atom is -0.322 e. The lowest BCUT2D eigenvalue weighted by Gasteiger charge is -2.40. The van der Waals surface area contributed by atoms with Crippen LogP contribution in [0, 0.1) is 11.3 Å². The first-order valence-electron chi connectivity index (χ1n) is 8.26. The maximum Gasteiger partial charge on any atom is 0.238 e. The molecule has 0 spiro atoms. The highest BCUT2D eigenvalue weighted by Gasteiger charge is 2.33. The van der Waals surface area contributed by atoms with Crippen LogP contribution >= 0.6 is 23.2 Å². The average Bonchev–Trinajstić information content (AvgIpc) is 2.48. The summed E-state index contributed by atoms with van der Waals surface area (Å²) in [5.74, 6) is 0.478. The summed E-state index contributed by atoms with van der Waals surface area (Å²) < 4.78 is 0. The topological polar surface area (TPSA) is 41.1 Å². The maximum atomic E-state index is 12.2. The van der Waals surface area contributed by atoms with Crippen LogP contribution in [-0.4, -0.2) is 18.5 Å². The molecule has 1 aromatic carbocycles. The van der Waals surface area contributed by atoms with Gasteiger partial charge in [-0.15, -0.1) is 0 Å². The van der Waals surface area contributed by atoms with Gasteiger partial charge >= 0.3 is 0 Å². The fraction of sp³-hybridized carbons (Fsp3) is 0.611. The number of anilines is 1. The molecule has 2 atom stereocenters. The number of amides is 1. The van der Waals surface area contributed by atoms with E-state index in [4.69, 9.17) is 23.2 Å². The van der Waals surface area contributed by atoms with Crippen molar-refractivity contribution >= 4 is 34.8 Å². The summed E-state index contributed by atoms with van der Waals surface area (Å²) in [5.41, 5.74) is 0.735. The summed E-state index contributed by atoms with van der Waals surface area (Å²) in [4.78, 5) is 12.2. The van der Waals surface area contributed by atoms with Crippen molar-refractivity contribution < 1.29 is 4.79 Å². The Kier molecular flexibility index (Phi) is 6.35. The molecule has 2 rings (SSSR count). The van der Waals surface area contributed by atoms with Crippen LogP contribution in [0.2, 0.25) is 10.0 Å². The van der Waals surface area contributed by atoms with E-state index in [-0.39, 0.29) is 17.9 Å². The molecule has 1 amide bonds. The number of benzene rings is 1. The van der Waals surface area contributed by atoms with E-state index in [0.29, 0.717) is 27.7 Å². The lowest BCUT2D eigenvalue weighted by atomic mass is 9.69. The van der Waals surface area contributed by atoms with E-state index in [2.05, 4.69) is 31.4 Å². The van der Waals surface area contributed by atoms with E-state index in [1.165, 1.54) is 19.3 Å². The molecule has 3 nitrogen and oxygen atoms in total. The maximum absolute atomic E-state index is 12.2. The van der Waals surface area contributed by atoms with Crippen LogP contribution < -0.4 is 10.6 Å². The second kappa shape index (κ2) is 7.87. The normalized spacial score (nSPS) is 22.0. The third kappa shape index (κ3) is 5.10. The largest absolute Gasteiger partial charge is 0.322 e. The molecule has 0 aromatic heterocycles. The summed E-state index contributed by atoms with van der Waals surface area (Å²) in [5, 5.41) is 7.15. The molecule has 0 aliphatic heterocycles. The van der Waals surface area contributed by atoms with Crippen LogP contribution in [0.25, 0.3) is 0 Å². The predicted molar refractivity (Wildman–Crippen MR) is 98.3 cm³/mol. The predicted octanol–water partition coefficient (Wildman–Crippen LogP) is 5.13. The van der Waals surface area contributed by atoms with Crippen LogP contribution in [0.5, 0.6) is 0 Å². The summed E-state index contributed by atoms with van der Waals surface area (Å²) in [6.45, 7) is 7.11. The van der Waals surface area contributed by atoms with Gasteiger partial charge in [0, 0.05) is 6.04 Å². The van der Waals surface area contributed by atoms with E-state index in [1.807, 2.05) is 0 Å². The van der Waals surface area contributed by atoms with Gasteiger partial charge in [0.05, 0.1) is 22.3 Å². The number of hydrogen-bond donors (Lipinski definition) is 2. The zero-order valence-electron chi connectivity index (χ0n) is 14.1. The van der Waals surface area contributed by atoms with Crippen LogP contribution in [0.3, 0.4) is 0 Å². The number of carbonyl (C=O) groups excluding carboxylic acids is 1. The minimum absolute atomic E-state index is 0.113. The van der Waals surface area contributed by atoms with Gasteiger partial charge in [-0.3, -0.25) is 4.79 Å². The van der Waals surface area contributed by atoms with Crippen LogP contribution in [-0.2, 0) is 4.79 Å². The molecule has 1 aromatic rings. The Bertz CT molecular complexity index is 534. The first-order valence-corrected chi connectivity index (χ1v) is 9.02. The molecule has 0 saturated heterocycles. The minimum atomic E-state index is -0.113. The van der Waals surface area contributed by atoms with Gasteiger partial charge in [0.15, 0.2) is 0 Å². The first kappa shape index (κ1) is 18.6. The number of para-hydroxylation sites is 1. The molecule has 0 heterocycles. The molecule has 1 aliphatic carbocycles. The molecule has 128 valence electrons. The highest BCUT2D eigenvalue weighted by atomic mass is 35.5. The van der Waals surface area contributed by atoms with Crippen molar-refractivity contribution in [3.63, 3.8) is 0 Å². The van der Waals surface area contributed by atoms with Crippen molar-refractivity contribution in [2.45, 2.75) is 52.5 Å². The smallest absolute Gasteiger partial charge is 0.238 e. The molecular weight excluding hydrogens is 331 g/mol. The van der Waals surface area contributed by atoms with Gasteiger partial charge in [-0.2, -0.15) is 0 Å². The van der Waals surface area contributed by atoms with Gasteiger partial charge < -0.3 is 10.6 Å². The van der Waals surface area contributed by atoms with E-state index in [9.17, 15) is 4.79 Å². The van der Waals surface area contributed by atoms with Crippen molar-refractivity contribution in [2.24, 2.45) is 11.3 Å². The highest BCUT2D eigenvalue weighted by molar-refractivity contribution is 6.39. The number of carbonyl (C=O) groups is 1. The highest BCUT2D eigenvalue weighted by Crippen LogP contribution is 2.38. The molecular formula is C18H26Cl2N2O. The fourth-order valence-electron chi connectivity index (χ4n) is 3.44. The third-order valence-corrected chi connectivity index (χ3v) is 5.26. The van der Waals surface area contributed by atoms with Crippen molar-refractivity contribution in [2.75, 3.05) is 11.9 Å². The van der Waals surface area contributed by atoms with Crippen LogP contribution in [0.1, 0.15) is 46.5 Å². The Labute approximate surface area is 149 Å². The number of nitrogens with one attached hydrogen (secondary N) is 2.